The lowest BCUT2D eigenvalue weighted by molar-refractivity contribution is -0.137. The Morgan fingerprint density at radius 1 is 0.964 bits per heavy atom. The van der Waals surface area contributed by atoms with Gasteiger partial charge in [0.15, 0.2) is 0 Å². The monoisotopic (exact) mass is 774 g/mol. The first-order chi connectivity index (χ1) is 26.3. The van der Waals surface area contributed by atoms with Gasteiger partial charge in [-0.3, -0.25) is 29.0 Å². The molecule has 1 amide bonds. The van der Waals surface area contributed by atoms with Crippen molar-refractivity contribution in [2.45, 2.75) is 43.9 Å². The summed E-state index contributed by atoms with van der Waals surface area (Å²) in [6, 6.07) is 20.1. The average molecular weight is 775 g/mol. The SMILES string of the molecule is CC1(C)C(=O)N(c2ccc(C#N)c(C(F)(F)F)c2)C([S+]=O)N1c1ccc(NCCCOCCCOc2cccc3ncc(-n4ccc(=O)[nH]c4=O)cc23)cc1. The van der Waals surface area contributed by atoms with Crippen molar-refractivity contribution in [2.24, 2.45) is 0 Å². The minimum absolute atomic E-state index is 0.0732. The molecular weight excluding hydrogens is 740 g/mol. The molecule has 0 radical (unpaired) electrons. The molecule has 0 aliphatic carbocycles. The Labute approximate surface area is 316 Å². The van der Waals surface area contributed by atoms with Gasteiger partial charge in [0.2, 0.25) is 0 Å². The summed E-state index contributed by atoms with van der Waals surface area (Å²) in [5, 5.41) is 13.2. The van der Waals surface area contributed by atoms with Gasteiger partial charge < -0.3 is 14.8 Å². The van der Waals surface area contributed by atoms with Crippen LogP contribution in [0.2, 0.25) is 0 Å². The fourth-order valence-corrected chi connectivity index (χ4v) is 7.04. The fraction of sp³-hybridized carbons (Fsp3) is 0.289. The Morgan fingerprint density at radius 3 is 2.42 bits per heavy atom. The van der Waals surface area contributed by atoms with Gasteiger partial charge in [-0.05, 0) is 80.9 Å². The number of ether oxygens (including phenoxy) is 2. The number of carbonyl (C=O) groups is 1. The van der Waals surface area contributed by atoms with Crippen LogP contribution in [-0.2, 0) is 31.6 Å². The summed E-state index contributed by atoms with van der Waals surface area (Å²) < 4.78 is 66.6. The molecule has 1 saturated heterocycles. The summed E-state index contributed by atoms with van der Waals surface area (Å²) in [4.78, 5) is 46.5. The van der Waals surface area contributed by atoms with Crippen molar-refractivity contribution < 1.29 is 31.6 Å². The van der Waals surface area contributed by atoms with Gasteiger partial charge in [0.1, 0.15) is 11.3 Å². The van der Waals surface area contributed by atoms with E-state index in [0.717, 1.165) is 22.7 Å². The Kier molecular flexibility index (Phi) is 11.3. The third-order valence-corrected chi connectivity index (χ3v) is 9.58. The maximum absolute atomic E-state index is 13.7. The number of pyridine rings is 1. The number of fused-ring (bicyclic) bond motifs is 1. The summed E-state index contributed by atoms with van der Waals surface area (Å²) in [7, 11) is 0. The van der Waals surface area contributed by atoms with Crippen molar-refractivity contribution in [3.8, 4) is 17.5 Å². The molecule has 3 heterocycles. The molecule has 1 fully saturated rings. The van der Waals surface area contributed by atoms with Crippen LogP contribution in [0.1, 0.15) is 37.8 Å². The van der Waals surface area contributed by atoms with Crippen molar-refractivity contribution in [3.63, 3.8) is 0 Å². The summed E-state index contributed by atoms with van der Waals surface area (Å²) >= 11 is 0.0732. The van der Waals surface area contributed by atoms with Crippen LogP contribution in [0, 0.1) is 11.3 Å². The summed E-state index contributed by atoms with van der Waals surface area (Å²) in [5.74, 6) is 0.0417. The van der Waals surface area contributed by atoms with Crippen LogP contribution in [0.3, 0.4) is 0 Å². The zero-order chi connectivity index (χ0) is 39.3. The van der Waals surface area contributed by atoms with Gasteiger partial charge in [-0.1, -0.05) is 6.07 Å². The van der Waals surface area contributed by atoms with Crippen LogP contribution in [0.25, 0.3) is 16.6 Å². The van der Waals surface area contributed by atoms with E-state index in [1.54, 1.807) is 55.3 Å². The molecule has 1 aliphatic heterocycles. The van der Waals surface area contributed by atoms with Crippen molar-refractivity contribution in [1.29, 1.82) is 5.26 Å². The standard InChI is InChI=1S/C38H34F3N7O6S/c1-37(2)34(50)47(27-11-8-24(22-42)30(21-27)38(39,40)41)36(55-52)48(37)26-12-9-25(10-13-26)43-15-4-17-53-18-5-19-54-32-7-3-6-31-29(32)20-28(23-44-31)46-16-14-33(49)45-35(46)51/h3,6-14,16,20-21,23,36,43H,4-5,15,17-19H2,1-2H3/p+1. The summed E-state index contributed by atoms with van der Waals surface area (Å²) in [6.07, 6.45) is -0.564. The normalized spacial score (nSPS) is 15.3. The van der Waals surface area contributed by atoms with Crippen molar-refractivity contribution in [1.82, 2.24) is 14.5 Å². The molecule has 2 aromatic heterocycles. The van der Waals surface area contributed by atoms with Crippen LogP contribution < -0.4 is 31.1 Å². The molecule has 17 heteroatoms. The molecule has 1 unspecified atom stereocenters. The molecule has 3 aromatic carbocycles. The third-order valence-electron chi connectivity index (χ3n) is 8.98. The second kappa shape index (κ2) is 16.1. The van der Waals surface area contributed by atoms with Gasteiger partial charge in [0.05, 0.1) is 46.9 Å². The molecule has 1 aliphatic rings. The number of carbonyl (C=O) groups excluding carboxylic acids is 1. The predicted molar refractivity (Wildman–Crippen MR) is 200 cm³/mol. The quantitative estimate of drug-likeness (QED) is 0.107. The summed E-state index contributed by atoms with van der Waals surface area (Å²) in [6.45, 7) is 5.15. The van der Waals surface area contributed by atoms with Crippen molar-refractivity contribution in [2.75, 3.05) is 41.5 Å². The molecule has 55 heavy (non-hydrogen) atoms. The van der Waals surface area contributed by atoms with E-state index in [1.165, 1.54) is 29.0 Å². The second-order valence-electron chi connectivity index (χ2n) is 13.0. The Balaban J connectivity index is 0.977. The number of aromatic amines is 1. The number of nitrogens with zero attached hydrogens (tertiary/aromatic N) is 5. The Hall–Kier alpha value is -6.12. The average Bonchev–Trinajstić information content (AvgIpc) is 3.37. The molecule has 284 valence electrons. The molecule has 0 spiro atoms. The molecular formula is C38H35F3N7O6S+. The van der Waals surface area contributed by atoms with Crippen molar-refractivity contribution in [3.05, 3.63) is 117 Å². The number of hydrogen-bond acceptors (Lipinski definition) is 10. The highest BCUT2D eigenvalue weighted by atomic mass is 32.1. The molecule has 2 N–H and O–H groups in total. The van der Waals surface area contributed by atoms with Crippen LogP contribution in [0.5, 0.6) is 5.75 Å². The molecule has 6 rings (SSSR count). The Morgan fingerprint density at radius 2 is 1.71 bits per heavy atom. The van der Waals surface area contributed by atoms with E-state index in [9.17, 15) is 37.0 Å². The number of anilines is 3. The topological polar surface area (TPSA) is 163 Å². The highest BCUT2D eigenvalue weighted by Crippen LogP contribution is 2.41. The van der Waals surface area contributed by atoms with Crippen LogP contribution >= 0.6 is 0 Å². The van der Waals surface area contributed by atoms with E-state index in [-0.39, 0.29) is 17.4 Å². The van der Waals surface area contributed by atoms with Gasteiger partial charge in [0.25, 0.3) is 11.5 Å². The number of rotatable bonds is 14. The highest BCUT2D eigenvalue weighted by molar-refractivity contribution is 7.66. The van der Waals surface area contributed by atoms with E-state index in [2.05, 4.69) is 15.3 Å². The number of H-pyrrole nitrogens is 1. The van der Waals surface area contributed by atoms with Gasteiger partial charge in [-0.2, -0.15) is 18.4 Å². The largest absolute Gasteiger partial charge is 0.511 e. The number of nitriles is 1. The lowest BCUT2D eigenvalue weighted by Crippen LogP contribution is -2.46. The fourth-order valence-electron chi connectivity index (χ4n) is 6.27. The summed E-state index contributed by atoms with van der Waals surface area (Å²) in [5.41, 5.74) is -2.92. The number of amides is 1. The van der Waals surface area contributed by atoms with Crippen LogP contribution in [0.4, 0.5) is 30.2 Å². The second-order valence-corrected chi connectivity index (χ2v) is 13.6. The van der Waals surface area contributed by atoms with E-state index in [4.69, 9.17) is 9.47 Å². The number of aromatic nitrogens is 3. The first-order valence-electron chi connectivity index (χ1n) is 17.1. The third kappa shape index (κ3) is 8.20. The van der Waals surface area contributed by atoms with E-state index in [1.807, 2.05) is 18.2 Å². The van der Waals surface area contributed by atoms with Gasteiger partial charge in [0, 0.05) is 59.4 Å². The lowest BCUT2D eigenvalue weighted by atomic mass is 10.0. The maximum atomic E-state index is 13.7. The number of hydrogen-bond donors (Lipinski definition) is 2. The zero-order valence-electron chi connectivity index (χ0n) is 29.6. The van der Waals surface area contributed by atoms with Gasteiger partial charge >= 0.3 is 29.0 Å². The van der Waals surface area contributed by atoms with E-state index in [0.29, 0.717) is 67.2 Å². The predicted octanol–water partition coefficient (Wildman–Crippen LogP) is 5.60. The minimum atomic E-state index is -4.83. The first-order valence-corrected chi connectivity index (χ1v) is 17.9. The zero-order valence-corrected chi connectivity index (χ0v) is 30.4. The van der Waals surface area contributed by atoms with E-state index >= 15 is 0 Å². The molecule has 5 aromatic rings. The molecule has 0 bridgehead atoms. The minimum Gasteiger partial charge on any atom is -0.493 e. The van der Waals surface area contributed by atoms with E-state index < -0.39 is 45.5 Å². The Bertz CT molecular complexity index is 2380. The molecule has 13 nitrogen and oxygen atoms in total. The first kappa shape index (κ1) is 38.6. The lowest BCUT2D eigenvalue weighted by Gasteiger charge is -2.28. The maximum Gasteiger partial charge on any atom is 0.511 e. The number of alkyl halides is 3. The van der Waals surface area contributed by atoms with Crippen LogP contribution in [-0.4, -0.2) is 57.8 Å². The number of benzene rings is 3. The number of halogens is 3. The van der Waals surface area contributed by atoms with Crippen molar-refractivity contribution >= 4 is 45.5 Å². The smallest absolute Gasteiger partial charge is 0.493 e. The highest BCUT2D eigenvalue weighted by Gasteiger charge is 2.59. The van der Waals surface area contributed by atoms with Gasteiger partial charge in [-0.25, -0.2) is 9.69 Å². The van der Waals surface area contributed by atoms with Gasteiger partial charge in [-0.15, -0.1) is 0 Å². The number of nitrogens with one attached hydrogen (secondary N) is 2. The molecule has 0 saturated carbocycles. The van der Waals surface area contributed by atoms with Crippen LogP contribution in [0.15, 0.2) is 94.8 Å². The molecule has 1 atom stereocenters.